The first kappa shape index (κ1) is 25.0. The molecule has 1 atom stereocenters. The smallest absolute Gasteiger partial charge is 0.211 e. The maximum absolute atomic E-state index is 11.5. The molecular weight excluding hydrogens is 491 g/mol. The van der Waals surface area contributed by atoms with Crippen LogP contribution >= 0.6 is 24.0 Å². The molecule has 2 rings (SSSR count). The zero-order chi connectivity index (χ0) is 19.9. The summed E-state index contributed by atoms with van der Waals surface area (Å²) in [5.41, 5.74) is 0.861. The van der Waals surface area contributed by atoms with Crippen LogP contribution in [0.4, 0.5) is 0 Å². The minimum atomic E-state index is -3.14. The van der Waals surface area contributed by atoms with Crippen LogP contribution in [-0.4, -0.2) is 45.4 Å². The number of hydrogen-bond donors (Lipinski definition) is 3. The zero-order valence-corrected chi connectivity index (χ0v) is 20.3. The second-order valence-electron chi connectivity index (χ2n) is 7.21. The van der Waals surface area contributed by atoms with E-state index in [-0.39, 0.29) is 41.4 Å². The zero-order valence-electron chi connectivity index (χ0n) is 17.1. The topological polar surface area (TPSA) is 91.8 Å². The van der Waals surface area contributed by atoms with E-state index in [9.17, 15) is 8.42 Å². The van der Waals surface area contributed by atoms with E-state index in [4.69, 9.17) is 4.74 Å². The standard InChI is InChI=1S/C19H32N4O3S.HI/c1-5-20-18(21-12-9-13-22-27(24,25)6-2)23-16-14-19(3,4)26-17-11-8-7-10-15(16)17;/h7-8,10-11,16,22H,5-6,9,12-14H2,1-4H3,(H2,20,21,23);1H. The van der Waals surface area contributed by atoms with Crippen molar-refractivity contribution in [1.29, 1.82) is 0 Å². The highest BCUT2D eigenvalue weighted by atomic mass is 127. The molecule has 0 aromatic heterocycles. The van der Waals surface area contributed by atoms with Gasteiger partial charge in [-0.2, -0.15) is 0 Å². The van der Waals surface area contributed by atoms with Crippen molar-refractivity contribution < 1.29 is 13.2 Å². The van der Waals surface area contributed by atoms with Crippen LogP contribution in [-0.2, 0) is 10.0 Å². The van der Waals surface area contributed by atoms with Gasteiger partial charge in [0.1, 0.15) is 11.4 Å². The van der Waals surface area contributed by atoms with E-state index in [0.717, 1.165) is 30.2 Å². The summed E-state index contributed by atoms with van der Waals surface area (Å²) in [6.45, 7) is 9.50. The molecule has 0 spiro atoms. The average Bonchev–Trinajstić information content (AvgIpc) is 2.60. The third-order valence-corrected chi connectivity index (χ3v) is 5.74. The molecule has 3 N–H and O–H groups in total. The van der Waals surface area contributed by atoms with Gasteiger partial charge < -0.3 is 15.4 Å². The normalized spacial score (nSPS) is 18.4. The van der Waals surface area contributed by atoms with Crippen LogP contribution in [0.5, 0.6) is 5.75 Å². The first-order chi connectivity index (χ1) is 12.8. The number of aliphatic imine (C=N–C) groups is 1. The number of para-hydroxylation sites is 1. The Morgan fingerprint density at radius 1 is 1.29 bits per heavy atom. The minimum Gasteiger partial charge on any atom is -0.487 e. The van der Waals surface area contributed by atoms with Crippen LogP contribution in [0.2, 0.25) is 0 Å². The monoisotopic (exact) mass is 524 g/mol. The Labute approximate surface area is 186 Å². The summed E-state index contributed by atoms with van der Waals surface area (Å²) in [5.74, 6) is 1.73. The number of nitrogens with zero attached hydrogens (tertiary/aromatic N) is 1. The molecule has 0 bridgehead atoms. The van der Waals surface area contributed by atoms with Crippen LogP contribution in [0, 0.1) is 0 Å². The molecule has 0 fully saturated rings. The summed E-state index contributed by atoms with van der Waals surface area (Å²) >= 11 is 0. The fourth-order valence-electron chi connectivity index (χ4n) is 3.02. The molecule has 28 heavy (non-hydrogen) atoms. The van der Waals surface area contributed by atoms with Crippen LogP contribution in [0.1, 0.15) is 52.1 Å². The highest BCUT2D eigenvalue weighted by molar-refractivity contribution is 14.0. The Morgan fingerprint density at radius 3 is 2.68 bits per heavy atom. The van der Waals surface area contributed by atoms with Crippen molar-refractivity contribution in [3.05, 3.63) is 29.8 Å². The molecule has 1 aromatic carbocycles. The number of guanidine groups is 1. The van der Waals surface area contributed by atoms with Crippen molar-refractivity contribution in [2.75, 3.05) is 25.4 Å². The summed E-state index contributed by atoms with van der Waals surface area (Å²) in [5, 5.41) is 6.77. The van der Waals surface area contributed by atoms with Crippen molar-refractivity contribution in [3.63, 3.8) is 0 Å². The van der Waals surface area contributed by atoms with Gasteiger partial charge in [-0.25, -0.2) is 13.1 Å². The van der Waals surface area contributed by atoms with E-state index >= 15 is 0 Å². The number of sulfonamides is 1. The van der Waals surface area contributed by atoms with E-state index in [1.54, 1.807) is 6.92 Å². The van der Waals surface area contributed by atoms with Gasteiger partial charge in [0.15, 0.2) is 5.96 Å². The maximum Gasteiger partial charge on any atom is 0.211 e. The second-order valence-corrected chi connectivity index (χ2v) is 9.31. The SMILES string of the molecule is CCNC(=NCCCNS(=O)(=O)CC)NC1CC(C)(C)Oc2ccccc21.I. The Kier molecular flexibility index (Phi) is 9.99. The van der Waals surface area contributed by atoms with Crippen LogP contribution in [0.15, 0.2) is 29.3 Å². The largest absolute Gasteiger partial charge is 0.487 e. The molecule has 7 nitrogen and oxygen atoms in total. The van der Waals surface area contributed by atoms with Gasteiger partial charge in [-0.15, -0.1) is 24.0 Å². The number of rotatable bonds is 8. The van der Waals surface area contributed by atoms with Gasteiger partial charge in [0.2, 0.25) is 10.0 Å². The van der Waals surface area contributed by atoms with Crippen LogP contribution < -0.4 is 20.1 Å². The molecular formula is C19H33IN4O3S. The molecule has 1 aliphatic heterocycles. The van der Waals surface area contributed by atoms with Gasteiger partial charge in [-0.3, -0.25) is 4.99 Å². The average molecular weight is 524 g/mol. The second kappa shape index (κ2) is 11.2. The predicted molar refractivity (Wildman–Crippen MR) is 125 cm³/mol. The van der Waals surface area contributed by atoms with E-state index in [1.807, 2.05) is 25.1 Å². The molecule has 1 aromatic rings. The third kappa shape index (κ3) is 7.75. The van der Waals surface area contributed by atoms with Gasteiger partial charge in [0, 0.05) is 31.6 Å². The van der Waals surface area contributed by atoms with Gasteiger partial charge in [-0.1, -0.05) is 18.2 Å². The van der Waals surface area contributed by atoms with E-state index in [0.29, 0.717) is 19.5 Å². The Hall–Kier alpha value is -1.07. The fourth-order valence-corrected chi connectivity index (χ4v) is 3.68. The maximum atomic E-state index is 11.5. The molecule has 9 heteroatoms. The molecule has 160 valence electrons. The number of nitrogens with one attached hydrogen (secondary N) is 3. The lowest BCUT2D eigenvalue weighted by atomic mass is 9.90. The first-order valence-corrected chi connectivity index (χ1v) is 11.2. The molecule has 1 unspecified atom stereocenters. The first-order valence-electron chi connectivity index (χ1n) is 9.56. The van der Waals surface area contributed by atoms with Crippen molar-refractivity contribution in [1.82, 2.24) is 15.4 Å². The minimum absolute atomic E-state index is 0. The number of halogens is 1. The predicted octanol–water partition coefficient (Wildman–Crippen LogP) is 2.79. The van der Waals surface area contributed by atoms with Crippen molar-refractivity contribution in [2.45, 2.75) is 52.2 Å². The molecule has 1 heterocycles. The van der Waals surface area contributed by atoms with Crippen LogP contribution in [0.25, 0.3) is 0 Å². The van der Waals surface area contributed by atoms with Gasteiger partial charge in [0.25, 0.3) is 0 Å². The molecule has 0 aliphatic carbocycles. The molecule has 0 saturated carbocycles. The van der Waals surface area contributed by atoms with Gasteiger partial charge in [-0.05, 0) is 40.2 Å². The lowest BCUT2D eigenvalue weighted by Gasteiger charge is -2.38. The van der Waals surface area contributed by atoms with Gasteiger partial charge >= 0.3 is 0 Å². The van der Waals surface area contributed by atoms with E-state index < -0.39 is 10.0 Å². The Bertz CT molecular complexity index is 753. The number of ether oxygens (including phenoxy) is 1. The summed E-state index contributed by atoms with van der Waals surface area (Å²) in [4.78, 5) is 4.59. The van der Waals surface area contributed by atoms with Gasteiger partial charge in [0.05, 0.1) is 11.8 Å². The summed E-state index contributed by atoms with van der Waals surface area (Å²) < 4.78 is 31.6. The lowest BCUT2D eigenvalue weighted by Crippen LogP contribution is -2.45. The summed E-state index contributed by atoms with van der Waals surface area (Å²) in [6.07, 6.45) is 1.47. The molecule has 0 saturated heterocycles. The van der Waals surface area contributed by atoms with E-state index in [2.05, 4.69) is 40.3 Å². The van der Waals surface area contributed by atoms with E-state index in [1.165, 1.54) is 0 Å². The lowest BCUT2D eigenvalue weighted by molar-refractivity contribution is 0.0694. The fraction of sp³-hybridized carbons (Fsp3) is 0.632. The Balaban J connectivity index is 0.00000392. The number of hydrogen-bond acceptors (Lipinski definition) is 4. The highest BCUT2D eigenvalue weighted by Gasteiger charge is 2.33. The number of fused-ring (bicyclic) bond motifs is 1. The van der Waals surface area contributed by atoms with Crippen molar-refractivity contribution >= 4 is 40.0 Å². The van der Waals surface area contributed by atoms with Crippen molar-refractivity contribution in [2.24, 2.45) is 4.99 Å². The Morgan fingerprint density at radius 2 is 2.00 bits per heavy atom. The molecule has 0 amide bonds. The quantitative estimate of drug-likeness (QED) is 0.211. The summed E-state index contributed by atoms with van der Waals surface area (Å²) in [6, 6.07) is 8.16. The third-order valence-electron chi connectivity index (χ3n) is 4.34. The molecule has 1 aliphatic rings. The number of benzene rings is 1. The summed E-state index contributed by atoms with van der Waals surface area (Å²) in [7, 11) is -3.14. The van der Waals surface area contributed by atoms with Crippen LogP contribution in [0.3, 0.4) is 0 Å². The van der Waals surface area contributed by atoms with Crippen molar-refractivity contribution in [3.8, 4) is 5.75 Å². The highest BCUT2D eigenvalue weighted by Crippen LogP contribution is 2.39. The molecule has 0 radical (unpaired) electrons.